The molecule has 2 heterocycles. The minimum absolute atomic E-state index is 0.0245. The maximum Gasteiger partial charge on any atom is 0.164 e. The molecule has 7 aromatic carbocycles. The zero-order valence-electron chi connectivity index (χ0n) is 34.1. The van der Waals surface area contributed by atoms with E-state index in [0.717, 1.165) is 28.8 Å². The quantitative estimate of drug-likeness (QED) is 0.180. The Morgan fingerprint density at radius 2 is 1.07 bits per heavy atom. The van der Waals surface area contributed by atoms with Gasteiger partial charge in [-0.1, -0.05) is 151 Å². The Bertz CT molecular complexity index is 3130. The standard InChI is InChI=1S/C54H46N4/c1-52(2)30-31-53(3,4)47-44(52)28-26-40-46-38-17-11-10-14-33(38)23-29-45(46)58(48(40)47)37-24-20-35(21-25-37)50-55-49(34-15-8-7-9-16-34)56-51(57-50)36-22-27-43-41(32-36)39-18-12-13-19-42(39)54(43,5)6/h7-29,32H,30-31H2,1-6H3. The maximum absolute atomic E-state index is 5.21. The van der Waals surface area contributed by atoms with Crippen molar-refractivity contribution < 1.29 is 0 Å². The van der Waals surface area contributed by atoms with E-state index in [1.54, 1.807) is 0 Å². The average molecular weight is 751 g/mol. The van der Waals surface area contributed by atoms with Crippen molar-refractivity contribution in [1.29, 1.82) is 0 Å². The van der Waals surface area contributed by atoms with Crippen LogP contribution in [0.2, 0.25) is 0 Å². The van der Waals surface area contributed by atoms with Crippen molar-refractivity contribution in [1.82, 2.24) is 19.5 Å². The van der Waals surface area contributed by atoms with Crippen molar-refractivity contribution in [3.05, 3.63) is 168 Å². The summed E-state index contributed by atoms with van der Waals surface area (Å²) in [5.74, 6) is 1.99. The van der Waals surface area contributed by atoms with Crippen LogP contribution in [0.3, 0.4) is 0 Å². The Kier molecular flexibility index (Phi) is 7.39. The second-order valence-electron chi connectivity index (χ2n) is 18.3. The molecule has 2 aliphatic carbocycles. The topological polar surface area (TPSA) is 43.6 Å². The van der Waals surface area contributed by atoms with E-state index in [4.69, 9.17) is 15.0 Å². The van der Waals surface area contributed by atoms with E-state index in [-0.39, 0.29) is 16.2 Å². The van der Waals surface area contributed by atoms with Crippen LogP contribution < -0.4 is 0 Å². The molecule has 58 heavy (non-hydrogen) atoms. The molecule has 0 radical (unpaired) electrons. The molecule has 4 heteroatoms. The first-order valence-electron chi connectivity index (χ1n) is 20.7. The summed E-state index contributed by atoms with van der Waals surface area (Å²) in [4.78, 5) is 15.4. The number of aromatic nitrogens is 4. The van der Waals surface area contributed by atoms with E-state index in [1.165, 1.54) is 72.4 Å². The first-order valence-corrected chi connectivity index (χ1v) is 20.7. The van der Waals surface area contributed by atoms with Crippen LogP contribution in [0, 0.1) is 0 Å². The Hall–Kier alpha value is -6.39. The molecule has 2 aromatic heterocycles. The van der Waals surface area contributed by atoms with Crippen molar-refractivity contribution in [2.45, 2.75) is 70.6 Å². The van der Waals surface area contributed by atoms with Crippen LogP contribution in [0.4, 0.5) is 0 Å². The van der Waals surface area contributed by atoms with Crippen LogP contribution in [-0.4, -0.2) is 19.5 Å². The molecule has 11 rings (SSSR count). The van der Waals surface area contributed by atoms with Gasteiger partial charge in [0.1, 0.15) is 0 Å². The van der Waals surface area contributed by atoms with E-state index in [2.05, 4.69) is 174 Å². The van der Waals surface area contributed by atoms with Gasteiger partial charge in [0, 0.05) is 38.6 Å². The molecular formula is C54H46N4. The smallest absolute Gasteiger partial charge is 0.164 e. The van der Waals surface area contributed by atoms with Crippen molar-refractivity contribution in [3.63, 3.8) is 0 Å². The van der Waals surface area contributed by atoms with Gasteiger partial charge in [0.05, 0.1) is 11.0 Å². The number of rotatable bonds is 4. The van der Waals surface area contributed by atoms with Crippen LogP contribution in [0.15, 0.2) is 146 Å². The fourth-order valence-electron chi connectivity index (χ4n) is 10.2. The van der Waals surface area contributed by atoms with Gasteiger partial charge in [-0.2, -0.15) is 0 Å². The van der Waals surface area contributed by atoms with Crippen LogP contribution >= 0.6 is 0 Å². The van der Waals surface area contributed by atoms with Gasteiger partial charge < -0.3 is 4.57 Å². The molecule has 0 unspecified atom stereocenters. The second kappa shape index (κ2) is 12.3. The number of benzene rings is 7. The lowest BCUT2D eigenvalue weighted by atomic mass is 9.62. The van der Waals surface area contributed by atoms with Gasteiger partial charge in [-0.15, -0.1) is 0 Å². The first-order chi connectivity index (χ1) is 28.0. The van der Waals surface area contributed by atoms with Gasteiger partial charge in [-0.25, -0.2) is 15.0 Å². The first kappa shape index (κ1) is 34.8. The molecule has 0 N–H and O–H groups in total. The van der Waals surface area contributed by atoms with E-state index in [9.17, 15) is 0 Å². The normalized spacial score (nSPS) is 16.0. The molecule has 0 bridgehead atoms. The zero-order chi connectivity index (χ0) is 39.6. The molecule has 0 saturated carbocycles. The van der Waals surface area contributed by atoms with E-state index in [0.29, 0.717) is 17.5 Å². The van der Waals surface area contributed by atoms with Gasteiger partial charge in [-0.3, -0.25) is 0 Å². The second-order valence-corrected chi connectivity index (χ2v) is 18.3. The van der Waals surface area contributed by atoms with Gasteiger partial charge in [0.2, 0.25) is 0 Å². The summed E-state index contributed by atoms with van der Waals surface area (Å²) in [5, 5.41) is 5.18. The Balaban J connectivity index is 1.10. The van der Waals surface area contributed by atoms with Crippen molar-refractivity contribution >= 4 is 32.6 Å². The minimum Gasteiger partial charge on any atom is -0.309 e. The third-order valence-electron chi connectivity index (χ3n) is 13.5. The molecule has 0 aliphatic heterocycles. The Morgan fingerprint density at radius 3 is 1.84 bits per heavy atom. The Labute approximate surface area is 340 Å². The zero-order valence-corrected chi connectivity index (χ0v) is 34.1. The summed E-state index contributed by atoms with van der Waals surface area (Å²) < 4.78 is 2.53. The van der Waals surface area contributed by atoms with Gasteiger partial charge in [0.15, 0.2) is 17.5 Å². The van der Waals surface area contributed by atoms with Gasteiger partial charge in [0.25, 0.3) is 0 Å². The molecule has 282 valence electrons. The largest absolute Gasteiger partial charge is 0.309 e. The summed E-state index contributed by atoms with van der Waals surface area (Å²) in [6.07, 6.45) is 2.32. The SMILES string of the molecule is CC1(C)CCC(C)(C)c2c1ccc1c3c4ccccc4ccc3n(-c3ccc(-c4nc(-c5ccccc5)nc(-c5ccc6c(c5)-c5ccccc5C6(C)C)n4)cc3)c21. The lowest BCUT2D eigenvalue weighted by Crippen LogP contribution is -2.34. The third kappa shape index (κ3) is 5.10. The highest BCUT2D eigenvalue weighted by Crippen LogP contribution is 2.52. The van der Waals surface area contributed by atoms with E-state index in [1.807, 2.05) is 18.2 Å². The lowest BCUT2D eigenvalue weighted by molar-refractivity contribution is 0.334. The molecule has 9 aromatic rings. The fourth-order valence-corrected chi connectivity index (χ4v) is 10.2. The number of hydrogen-bond acceptors (Lipinski definition) is 3. The predicted octanol–water partition coefficient (Wildman–Crippen LogP) is 13.8. The fraction of sp³-hybridized carbons (Fsp3) is 0.204. The number of nitrogens with zero attached hydrogens (tertiary/aromatic N) is 4. The van der Waals surface area contributed by atoms with E-state index >= 15 is 0 Å². The Morgan fingerprint density at radius 1 is 0.466 bits per heavy atom. The highest BCUT2D eigenvalue weighted by molar-refractivity contribution is 6.22. The highest BCUT2D eigenvalue weighted by atomic mass is 15.0. The van der Waals surface area contributed by atoms with Crippen LogP contribution in [-0.2, 0) is 16.2 Å². The summed E-state index contributed by atoms with van der Waals surface area (Å²) >= 11 is 0. The summed E-state index contributed by atoms with van der Waals surface area (Å²) in [6, 6.07) is 52.9. The van der Waals surface area contributed by atoms with E-state index < -0.39 is 0 Å². The monoisotopic (exact) mass is 750 g/mol. The van der Waals surface area contributed by atoms with Crippen LogP contribution in [0.25, 0.3) is 83.6 Å². The molecule has 0 amide bonds. The van der Waals surface area contributed by atoms with Crippen molar-refractivity contribution in [3.8, 4) is 51.0 Å². The predicted molar refractivity (Wildman–Crippen MR) is 241 cm³/mol. The van der Waals surface area contributed by atoms with Crippen LogP contribution in [0.1, 0.15) is 76.6 Å². The molecule has 4 nitrogen and oxygen atoms in total. The maximum atomic E-state index is 5.21. The molecule has 0 spiro atoms. The molecule has 0 atom stereocenters. The number of fused-ring (bicyclic) bond motifs is 10. The minimum atomic E-state index is -0.0691. The lowest BCUT2D eigenvalue weighted by Gasteiger charge is -2.42. The molecule has 0 saturated heterocycles. The third-order valence-corrected chi connectivity index (χ3v) is 13.5. The highest BCUT2D eigenvalue weighted by Gasteiger charge is 2.40. The molecule has 2 aliphatic rings. The summed E-state index contributed by atoms with van der Waals surface area (Å²) in [5.41, 5.74) is 14.8. The van der Waals surface area contributed by atoms with Crippen LogP contribution in [0.5, 0.6) is 0 Å². The average Bonchev–Trinajstić information content (AvgIpc) is 3.71. The van der Waals surface area contributed by atoms with Crippen molar-refractivity contribution in [2.24, 2.45) is 0 Å². The number of hydrogen-bond donors (Lipinski definition) is 0. The van der Waals surface area contributed by atoms with Crippen molar-refractivity contribution in [2.75, 3.05) is 0 Å². The summed E-state index contributed by atoms with van der Waals surface area (Å²) in [7, 11) is 0. The molecular weight excluding hydrogens is 705 g/mol. The summed E-state index contributed by atoms with van der Waals surface area (Å²) in [6.45, 7) is 14.3. The van der Waals surface area contributed by atoms with Gasteiger partial charge in [-0.05, 0) is 104 Å². The molecule has 0 fully saturated rings. The van der Waals surface area contributed by atoms with Gasteiger partial charge >= 0.3 is 0 Å².